The van der Waals surface area contributed by atoms with E-state index in [1.165, 1.54) is 116 Å². The van der Waals surface area contributed by atoms with Crippen molar-refractivity contribution in [1.29, 1.82) is 0 Å². The van der Waals surface area contributed by atoms with Crippen molar-refractivity contribution in [1.82, 2.24) is 9.80 Å². The first-order valence-electron chi connectivity index (χ1n) is 15.1. The Hall–Kier alpha value is -0.930. The van der Waals surface area contributed by atoms with Gasteiger partial charge in [0.05, 0.1) is 0 Å². The van der Waals surface area contributed by atoms with Gasteiger partial charge in [-0.25, -0.2) is 0 Å². The summed E-state index contributed by atoms with van der Waals surface area (Å²) in [5.74, 6) is 3.12. The highest BCUT2D eigenvalue weighted by molar-refractivity contribution is 5.82. The van der Waals surface area contributed by atoms with E-state index in [1.807, 2.05) is 0 Å². The molecule has 3 heteroatoms. The first-order valence-corrected chi connectivity index (χ1v) is 15.1. The Balaban J connectivity index is 1.47. The number of allylic oxidation sites excluding steroid dienone is 2. The molecule has 0 aromatic rings. The quantitative estimate of drug-likeness (QED) is 0.367. The highest BCUT2D eigenvalue weighted by Crippen LogP contribution is 2.45. The van der Waals surface area contributed by atoms with Crippen LogP contribution in [0.5, 0.6) is 0 Å². The van der Waals surface area contributed by atoms with Gasteiger partial charge in [0, 0.05) is 38.0 Å². The van der Waals surface area contributed by atoms with E-state index in [2.05, 4.69) is 28.0 Å². The average molecular weight is 467 g/mol. The largest absolute Gasteiger partial charge is 0.299 e. The van der Waals surface area contributed by atoms with Crippen LogP contribution < -0.4 is 0 Å². The zero-order chi connectivity index (χ0) is 23.2. The fourth-order valence-corrected chi connectivity index (χ4v) is 8.28. The molecule has 0 amide bonds. The van der Waals surface area contributed by atoms with Crippen molar-refractivity contribution >= 4 is 5.78 Å². The number of nitrogens with zero attached hydrogens (tertiary/aromatic N) is 2. The molecule has 0 saturated carbocycles. The Labute approximate surface area is 209 Å². The Morgan fingerprint density at radius 3 is 2.44 bits per heavy atom. The maximum Gasteiger partial charge on any atom is 0.138 e. The molecule has 5 rings (SSSR count). The van der Waals surface area contributed by atoms with Crippen molar-refractivity contribution in [3.63, 3.8) is 0 Å². The van der Waals surface area contributed by atoms with E-state index < -0.39 is 0 Å². The standard InChI is InChI=1S/C31H50N2O/c34-30-18-21-33-20-17-27-26-22-25-14-10-6-5-8-12-16-29(30)31(33)28(27)15-11-7-3-1-2-4-9-13-19-32(23-25)24-26/h2,4,22,26-29,31H,1,3,5-21,23-24H2/b4-2-/t26?,27?,28-,29-,31+/m1/s1. The van der Waals surface area contributed by atoms with Gasteiger partial charge in [0.1, 0.15) is 5.78 Å². The average Bonchev–Trinajstić information content (AvgIpc) is 2.85. The fraction of sp³-hybridized carbons (Fsp3) is 0.839. The van der Waals surface area contributed by atoms with Gasteiger partial charge in [0.15, 0.2) is 0 Å². The summed E-state index contributed by atoms with van der Waals surface area (Å²) in [6.07, 6.45) is 28.2. The number of rotatable bonds is 0. The second kappa shape index (κ2) is 12.3. The van der Waals surface area contributed by atoms with Crippen LogP contribution in [-0.2, 0) is 4.79 Å². The second-order valence-corrected chi connectivity index (χ2v) is 12.2. The van der Waals surface area contributed by atoms with Crippen molar-refractivity contribution in [3.8, 4) is 0 Å². The number of fused-ring (bicyclic) bond motifs is 1. The van der Waals surface area contributed by atoms with Crippen LogP contribution in [0.15, 0.2) is 23.8 Å². The first-order chi connectivity index (χ1) is 16.8. The summed E-state index contributed by atoms with van der Waals surface area (Å²) in [5.41, 5.74) is 1.74. The summed E-state index contributed by atoms with van der Waals surface area (Å²) in [5, 5.41) is 0. The van der Waals surface area contributed by atoms with Crippen molar-refractivity contribution in [3.05, 3.63) is 23.8 Å². The molecule has 0 radical (unpaired) electrons. The molecular weight excluding hydrogens is 416 g/mol. The summed E-state index contributed by atoms with van der Waals surface area (Å²) in [7, 11) is 0. The molecule has 5 aliphatic rings. The van der Waals surface area contributed by atoms with E-state index in [0.717, 1.165) is 25.3 Å². The molecular formula is C31H50N2O. The van der Waals surface area contributed by atoms with Crippen LogP contribution in [-0.4, -0.2) is 54.3 Å². The van der Waals surface area contributed by atoms with Crippen LogP contribution in [0.2, 0.25) is 0 Å². The second-order valence-electron chi connectivity index (χ2n) is 12.2. The van der Waals surface area contributed by atoms with Gasteiger partial charge < -0.3 is 0 Å². The predicted molar refractivity (Wildman–Crippen MR) is 142 cm³/mol. The Morgan fingerprint density at radius 1 is 0.706 bits per heavy atom. The molecule has 4 aliphatic heterocycles. The van der Waals surface area contributed by atoms with Gasteiger partial charge in [0.25, 0.3) is 0 Å². The van der Waals surface area contributed by atoms with Crippen LogP contribution in [0.3, 0.4) is 0 Å². The number of hydrogen-bond donors (Lipinski definition) is 0. The molecule has 2 saturated heterocycles. The van der Waals surface area contributed by atoms with E-state index >= 15 is 0 Å². The number of Topliss-reactive ketones (excluding diaryl/α,β-unsaturated/α-hetero) is 1. The van der Waals surface area contributed by atoms with Crippen LogP contribution in [0.4, 0.5) is 0 Å². The lowest BCUT2D eigenvalue weighted by molar-refractivity contribution is -0.135. The summed E-state index contributed by atoms with van der Waals surface area (Å²) < 4.78 is 0. The van der Waals surface area contributed by atoms with Gasteiger partial charge in [-0.05, 0) is 88.6 Å². The molecule has 6 bridgehead atoms. The third-order valence-corrected chi connectivity index (χ3v) is 9.96. The van der Waals surface area contributed by atoms with E-state index in [-0.39, 0.29) is 0 Å². The minimum Gasteiger partial charge on any atom is -0.299 e. The monoisotopic (exact) mass is 466 g/mol. The van der Waals surface area contributed by atoms with Gasteiger partial charge in [-0.2, -0.15) is 0 Å². The number of ketones is 1. The van der Waals surface area contributed by atoms with Crippen LogP contribution in [0.25, 0.3) is 0 Å². The molecule has 190 valence electrons. The number of hydrogen-bond acceptors (Lipinski definition) is 3. The van der Waals surface area contributed by atoms with Crippen LogP contribution in [0.1, 0.15) is 103 Å². The minimum atomic E-state index is 0.317. The molecule has 3 unspecified atom stereocenters. The molecule has 3 nitrogen and oxygen atoms in total. The minimum absolute atomic E-state index is 0.317. The van der Waals surface area contributed by atoms with Crippen LogP contribution in [0, 0.1) is 23.7 Å². The molecule has 0 aromatic carbocycles. The van der Waals surface area contributed by atoms with Gasteiger partial charge >= 0.3 is 0 Å². The lowest BCUT2D eigenvalue weighted by Gasteiger charge is -2.53. The molecule has 2 fully saturated rings. The zero-order valence-corrected chi connectivity index (χ0v) is 21.8. The molecule has 4 heterocycles. The molecule has 1 aliphatic carbocycles. The van der Waals surface area contributed by atoms with Crippen LogP contribution >= 0.6 is 0 Å². The number of piperidine rings is 2. The van der Waals surface area contributed by atoms with Crippen molar-refractivity contribution in [2.24, 2.45) is 23.7 Å². The molecule has 6 atom stereocenters. The van der Waals surface area contributed by atoms with Gasteiger partial charge in [0.2, 0.25) is 0 Å². The summed E-state index contributed by atoms with van der Waals surface area (Å²) in [6, 6.07) is 0.533. The third kappa shape index (κ3) is 6.06. The zero-order valence-electron chi connectivity index (χ0n) is 21.8. The van der Waals surface area contributed by atoms with E-state index in [0.29, 0.717) is 29.6 Å². The third-order valence-electron chi connectivity index (χ3n) is 9.96. The van der Waals surface area contributed by atoms with Crippen molar-refractivity contribution in [2.75, 3.05) is 32.7 Å². The highest BCUT2D eigenvalue weighted by atomic mass is 16.1. The smallest absolute Gasteiger partial charge is 0.138 e. The Morgan fingerprint density at radius 2 is 1.50 bits per heavy atom. The van der Waals surface area contributed by atoms with Gasteiger partial charge in [-0.3, -0.25) is 14.6 Å². The first kappa shape index (κ1) is 24.8. The maximum absolute atomic E-state index is 13.3. The van der Waals surface area contributed by atoms with Gasteiger partial charge in [-0.1, -0.05) is 62.3 Å². The fourth-order valence-electron chi connectivity index (χ4n) is 8.28. The van der Waals surface area contributed by atoms with Crippen molar-refractivity contribution < 1.29 is 4.79 Å². The number of carbonyl (C=O) groups excluding carboxylic acids is 1. The molecule has 0 aromatic heterocycles. The summed E-state index contributed by atoms with van der Waals surface area (Å²) >= 11 is 0. The summed E-state index contributed by atoms with van der Waals surface area (Å²) in [4.78, 5) is 18.9. The van der Waals surface area contributed by atoms with E-state index in [9.17, 15) is 4.79 Å². The predicted octanol–water partition coefficient (Wildman–Crippen LogP) is 6.79. The van der Waals surface area contributed by atoms with E-state index in [1.54, 1.807) is 5.57 Å². The lowest BCUT2D eigenvalue weighted by atomic mass is 9.64. The molecule has 0 N–H and O–H groups in total. The molecule has 0 spiro atoms. The van der Waals surface area contributed by atoms with Crippen molar-refractivity contribution in [2.45, 2.75) is 109 Å². The van der Waals surface area contributed by atoms with Gasteiger partial charge in [-0.15, -0.1) is 0 Å². The Kier molecular flexibility index (Phi) is 8.99. The SMILES string of the molecule is O=C1CCN2CCC3C4C=C5CCCCCCC[C@H]1[C@@H]2[C@@H]3CCCCC/C=C\CCCN(C5)C4. The normalized spacial score (nSPS) is 40.0. The lowest BCUT2D eigenvalue weighted by Crippen LogP contribution is -2.59. The highest BCUT2D eigenvalue weighted by Gasteiger charge is 2.48. The molecule has 34 heavy (non-hydrogen) atoms. The topological polar surface area (TPSA) is 23.6 Å². The maximum atomic E-state index is 13.3. The summed E-state index contributed by atoms with van der Waals surface area (Å²) in [6.45, 7) is 6.01. The van der Waals surface area contributed by atoms with E-state index in [4.69, 9.17) is 0 Å². The number of carbonyl (C=O) groups is 1. The Bertz CT molecular complexity index is 727.